The Bertz CT molecular complexity index is 383. The van der Waals surface area contributed by atoms with E-state index in [4.69, 9.17) is 4.74 Å². The molecule has 0 bridgehead atoms. The summed E-state index contributed by atoms with van der Waals surface area (Å²) >= 11 is 0. The van der Waals surface area contributed by atoms with Gasteiger partial charge < -0.3 is 4.74 Å². The number of carbonyl (C=O) groups excluding carboxylic acids is 1. The van der Waals surface area contributed by atoms with Crippen molar-refractivity contribution in [2.45, 2.75) is 46.6 Å². The van der Waals surface area contributed by atoms with Crippen LogP contribution in [0.5, 0.6) is 0 Å². The molecule has 1 aromatic carbocycles. The summed E-state index contributed by atoms with van der Waals surface area (Å²) in [5.74, 6) is 0.0745. The number of ether oxygens (including phenoxy) is 1. The molecule has 2 heteroatoms. The number of Topliss-reactive ketones (excluding diaryl/α,β-unsaturated/α-hetero) is 1. The van der Waals surface area contributed by atoms with Crippen LogP contribution in [0, 0.1) is 13.8 Å². The van der Waals surface area contributed by atoms with Crippen LogP contribution in [0.25, 0.3) is 0 Å². The van der Waals surface area contributed by atoms with Gasteiger partial charge in [0.05, 0.1) is 6.10 Å². The number of ketones is 1. The van der Waals surface area contributed by atoms with Crippen LogP contribution in [0.3, 0.4) is 0 Å². The second kappa shape index (κ2) is 6.55. The van der Waals surface area contributed by atoms with Crippen molar-refractivity contribution in [3.63, 3.8) is 0 Å². The van der Waals surface area contributed by atoms with Crippen molar-refractivity contribution < 1.29 is 9.53 Å². The summed E-state index contributed by atoms with van der Waals surface area (Å²) in [6.45, 7) is 8.31. The van der Waals surface area contributed by atoms with E-state index in [1.54, 1.807) is 0 Å². The van der Waals surface area contributed by atoms with Crippen LogP contribution in [0.15, 0.2) is 18.2 Å². The summed E-state index contributed by atoms with van der Waals surface area (Å²) in [5, 5.41) is 0. The summed E-state index contributed by atoms with van der Waals surface area (Å²) in [6, 6.07) is 5.89. The topological polar surface area (TPSA) is 26.3 Å². The van der Waals surface area contributed by atoms with Crippen molar-refractivity contribution in [1.29, 1.82) is 0 Å². The first-order valence-electron chi connectivity index (χ1n) is 6.26. The molecule has 0 spiro atoms. The Hall–Kier alpha value is -1.15. The third kappa shape index (κ3) is 4.31. The summed E-state index contributed by atoms with van der Waals surface area (Å²) in [7, 11) is 0. The fourth-order valence-electron chi connectivity index (χ4n) is 1.91. The van der Waals surface area contributed by atoms with Gasteiger partial charge in [-0.25, -0.2) is 0 Å². The Morgan fingerprint density at radius 3 is 2.65 bits per heavy atom. The van der Waals surface area contributed by atoms with E-state index in [1.165, 1.54) is 5.56 Å². The molecular weight excluding hydrogens is 212 g/mol. The summed E-state index contributed by atoms with van der Waals surface area (Å²) in [4.78, 5) is 12.0. The van der Waals surface area contributed by atoms with Crippen molar-refractivity contribution in [1.82, 2.24) is 0 Å². The van der Waals surface area contributed by atoms with E-state index in [9.17, 15) is 4.79 Å². The molecule has 0 N–H and O–H groups in total. The maximum absolute atomic E-state index is 12.0. The molecule has 1 aromatic rings. The van der Waals surface area contributed by atoms with Crippen molar-refractivity contribution in [3.8, 4) is 0 Å². The zero-order chi connectivity index (χ0) is 12.8. The highest BCUT2D eigenvalue weighted by Crippen LogP contribution is 2.12. The molecule has 1 unspecified atom stereocenters. The number of benzene rings is 1. The van der Waals surface area contributed by atoms with E-state index in [0.717, 1.165) is 24.0 Å². The maximum Gasteiger partial charge on any atom is 0.188 e. The monoisotopic (exact) mass is 234 g/mol. The minimum Gasteiger partial charge on any atom is -0.370 e. The van der Waals surface area contributed by atoms with E-state index in [2.05, 4.69) is 6.92 Å². The van der Waals surface area contributed by atoms with Gasteiger partial charge in [-0.15, -0.1) is 0 Å². The highest BCUT2D eigenvalue weighted by Gasteiger charge is 2.11. The molecule has 0 radical (unpaired) electrons. The van der Waals surface area contributed by atoms with Crippen molar-refractivity contribution in [3.05, 3.63) is 34.9 Å². The zero-order valence-corrected chi connectivity index (χ0v) is 11.2. The van der Waals surface area contributed by atoms with Crippen LogP contribution in [-0.4, -0.2) is 18.5 Å². The largest absolute Gasteiger partial charge is 0.370 e. The fourth-order valence-corrected chi connectivity index (χ4v) is 1.91. The van der Waals surface area contributed by atoms with Gasteiger partial charge >= 0.3 is 0 Å². The lowest BCUT2D eigenvalue weighted by Gasteiger charge is -2.12. The normalized spacial score (nSPS) is 12.5. The van der Waals surface area contributed by atoms with Crippen molar-refractivity contribution in [2.75, 3.05) is 6.61 Å². The van der Waals surface area contributed by atoms with Crippen LogP contribution in [0.4, 0.5) is 0 Å². The average Bonchev–Trinajstić information content (AvgIpc) is 2.26. The third-order valence-corrected chi connectivity index (χ3v) is 2.88. The number of rotatable bonds is 6. The zero-order valence-electron chi connectivity index (χ0n) is 11.2. The number of hydrogen-bond donors (Lipinski definition) is 0. The molecule has 0 aliphatic carbocycles. The minimum atomic E-state index is 0.0745. The van der Waals surface area contributed by atoms with Gasteiger partial charge in [0.2, 0.25) is 0 Å². The number of hydrogen-bond acceptors (Lipinski definition) is 2. The van der Waals surface area contributed by atoms with E-state index in [0.29, 0.717) is 0 Å². The molecule has 1 rings (SSSR count). The van der Waals surface area contributed by atoms with Crippen LogP contribution in [-0.2, 0) is 4.74 Å². The molecule has 0 saturated heterocycles. The van der Waals surface area contributed by atoms with Gasteiger partial charge in [0.15, 0.2) is 5.78 Å². The smallest absolute Gasteiger partial charge is 0.188 e. The van der Waals surface area contributed by atoms with Gasteiger partial charge in [-0.2, -0.15) is 0 Å². The van der Waals surface area contributed by atoms with Crippen LogP contribution < -0.4 is 0 Å². The summed E-state index contributed by atoms with van der Waals surface area (Å²) in [6.07, 6.45) is 2.24. The average molecular weight is 234 g/mol. The maximum atomic E-state index is 12.0. The highest BCUT2D eigenvalue weighted by molar-refractivity contribution is 5.98. The second-order valence-corrected chi connectivity index (χ2v) is 4.65. The van der Waals surface area contributed by atoms with E-state index >= 15 is 0 Å². The fraction of sp³-hybridized carbons (Fsp3) is 0.533. The number of aryl methyl sites for hydroxylation is 2. The molecule has 2 nitrogen and oxygen atoms in total. The molecule has 0 heterocycles. The summed E-state index contributed by atoms with van der Waals surface area (Å²) in [5.41, 5.74) is 2.99. The Morgan fingerprint density at radius 2 is 2.06 bits per heavy atom. The van der Waals surface area contributed by atoms with E-state index < -0.39 is 0 Å². The molecule has 0 aromatic heterocycles. The van der Waals surface area contributed by atoms with Crippen LogP contribution in [0.1, 0.15) is 48.2 Å². The summed E-state index contributed by atoms with van der Waals surface area (Å²) < 4.78 is 5.53. The first-order valence-corrected chi connectivity index (χ1v) is 6.26. The third-order valence-electron chi connectivity index (χ3n) is 2.88. The van der Waals surface area contributed by atoms with Gasteiger partial charge in [-0.1, -0.05) is 37.1 Å². The predicted octanol–water partition coefficient (Wildman–Crippen LogP) is 3.69. The standard InChI is InChI=1S/C15H22O2/c1-5-6-13(4)17-10-15(16)14-8-7-11(2)9-12(14)3/h7-9,13H,5-6,10H2,1-4H3. The highest BCUT2D eigenvalue weighted by atomic mass is 16.5. The molecular formula is C15H22O2. The van der Waals surface area contributed by atoms with Gasteiger partial charge in [0, 0.05) is 5.56 Å². The van der Waals surface area contributed by atoms with Gasteiger partial charge in [-0.05, 0) is 32.8 Å². The lowest BCUT2D eigenvalue weighted by molar-refractivity contribution is 0.0490. The molecule has 0 saturated carbocycles. The van der Waals surface area contributed by atoms with Gasteiger partial charge in [0.1, 0.15) is 6.61 Å². The van der Waals surface area contributed by atoms with Crippen molar-refractivity contribution >= 4 is 5.78 Å². The molecule has 94 valence electrons. The lowest BCUT2D eigenvalue weighted by Crippen LogP contribution is -2.16. The molecule has 0 fully saturated rings. The second-order valence-electron chi connectivity index (χ2n) is 4.65. The molecule has 0 aliphatic rings. The van der Waals surface area contributed by atoms with E-state index in [1.807, 2.05) is 39.0 Å². The lowest BCUT2D eigenvalue weighted by atomic mass is 10.0. The SMILES string of the molecule is CCCC(C)OCC(=O)c1ccc(C)cc1C. The Morgan fingerprint density at radius 1 is 1.35 bits per heavy atom. The van der Waals surface area contributed by atoms with Crippen LogP contribution >= 0.6 is 0 Å². The van der Waals surface area contributed by atoms with Gasteiger partial charge in [-0.3, -0.25) is 4.79 Å². The Balaban J connectivity index is 2.58. The van der Waals surface area contributed by atoms with Crippen LogP contribution in [0.2, 0.25) is 0 Å². The van der Waals surface area contributed by atoms with Gasteiger partial charge in [0.25, 0.3) is 0 Å². The predicted molar refractivity (Wildman–Crippen MR) is 70.6 cm³/mol. The Kier molecular flexibility index (Phi) is 5.36. The molecule has 1 atom stereocenters. The minimum absolute atomic E-state index is 0.0745. The quantitative estimate of drug-likeness (QED) is 0.702. The Labute approximate surface area is 104 Å². The molecule has 17 heavy (non-hydrogen) atoms. The van der Waals surface area contributed by atoms with E-state index in [-0.39, 0.29) is 18.5 Å². The first kappa shape index (κ1) is 13.9. The molecule has 0 aliphatic heterocycles. The number of carbonyl (C=O) groups is 1. The molecule has 0 amide bonds. The first-order chi connectivity index (χ1) is 8.04. The van der Waals surface area contributed by atoms with Crippen molar-refractivity contribution in [2.24, 2.45) is 0 Å².